The predicted molar refractivity (Wildman–Crippen MR) is 88.0 cm³/mol. The van der Waals surface area contributed by atoms with Crippen molar-refractivity contribution in [3.8, 4) is 0 Å². The first-order valence-electron chi connectivity index (χ1n) is 7.14. The molecule has 1 amide bonds. The zero-order valence-corrected chi connectivity index (χ0v) is 13.4. The van der Waals surface area contributed by atoms with Crippen LogP contribution in [0.1, 0.15) is 29.9 Å². The van der Waals surface area contributed by atoms with Crippen LogP contribution in [0.4, 0.5) is 5.82 Å². The molecule has 0 unspecified atom stereocenters. The first-order valence-corrected chi connectivity index (χ1v) is 7.51. The zero-order chi connectivity index (χ0) is 15.9. The molecule has 0 spiro atoms. The first-order chi connectivity index (χ1) is 10.6. The van der Waals surface area contributed by atoms with E-state index >= 15 is 0 Å². The number of carbonyl (C=O) groups excluding carboxylic acids is 1. The molecular formula is C16H19ClN4O. The molecule has 116 valence electrons. The van der Waals surface area contributed by atoms with Gasteiger partial charge in [-0.25, -0.2) is 9.97 Å². The number of amides is 1. The molecule has 0 fully saturated rings. The van der Waals surface area contributed by atoms with Gasteiger partial charge in [0, 0.05) is 24.2 Å². The van der Waals surface area contributed by atoms with Crippen molar-refractivity contribution in [1.82, 2.24) is 15.3 Å². The summed E-state index contributed by atoms with van der Waals surface area (Å²) < 4.78 is 0. The summed E-state index contributed by atoms with van der Waals surface area (Å²) >= 11 is 6.11. The minimum absolute atomic E-state index is 0.197. The highest BCUT2D eigenvalue weighted by Crippen LogP contribution is 2.16. The topological polar surface area (TPSA) is 66.9 Å². The van der Waals surface area contributed by atoms with E-state index in [-0.39, 0.29) is 5.91 Å². The van der Waals surface area contributed by atoms with Gasteiger partial charge in [0.15, 0.2) is 0 Å². The lowest BCUT2D eigenvalue weighted by Gasteiger charge is -2.09. The Bertz CT molecular complexity index is 646. The molecule has 1 heterocycles. The van der Waals surface area contributed by atoms with E-state index in [1.54, 1.807) is 6.07 Å². The molecule has 5 nitrogen and oxygen atoms in total. The SMILES string of the molecule is CC(C)CNC(=O)c1cc(NCc2ccccc2Cl)ncn1. The Kier molecular flexibility index (Phi) is 5.72. The number of anilines is 1. The number of aromatic nitrogens is 2. The van der Waals surface area contributed by atoms with Gasteiger partial charge in [0.2, 0.25) is 0 Å². The summed E-state index contributed by atoms with van der Waals surface area (Å²) in [5, 5.41) is 6.67. The summed E-state index contributed by atoms with van der Waals surface area (Å²) in [6.07, 6.45) is 1.37. The number of benzene rings is 1. The van der Waals surface area contributed by atoms with Gasteiger partial charge < -0.3 is 10.6 Å². The van der Waals surface area contributed by atoms with Crippen molar-refractivity contribution in [2.24, 2.45) is 5.92 Å². The van der Waals surface area contributed by atoms with E-state index in [2.05, 4.69) is 20.6 Å². The maximum Gasteiger partial charge on any atom is 0.270 e. The fraction of sp³-hybridized carbons (Fsp3) is 0.312. The van der Waals surface area contributed by atoms with Crippen molar-refractivity contribution in [3.63, 3.8) is 0 Å². The van der Waals surface area contributed by atoms with E-state index in [0.717, 1.165) is 5.56 Å². The number of hydrogen-bond acceptors (Lipinski definition) is 4. The van der Waals surface area contributed by atoms with Crippen LogP contribution in [0.5, 0.6) is 0 Å². The molecule has 0 radical (unpaired) electrons. The van der Waals surface area contributed by atoms with Crippen LogP contribution in [-0.2, 0) is 6.54 Å². The third-order valence-electron chi connectivity index (χ3n) is 2.99. The van der Waals surface area contributed by atoms with Gasteiger partial charge in [0.1, 0.15) is 17.8 Å². The minimum Gasteiger partial charge on any atom is -0.366 e. The maximum atomic E-state index is 12.0. The molecule has 1 aromatic heterocycles. The van der Waals surface area contributed by atoms with Gasteiger partial charge in [-0.05, 0) is 17.5 Å². The van der Waals surface area contributed by atoms with Crippen molar-refractivity contribution < 1.29 is 4.79 Å². The average Bonchev–Trinajstić information content (AvgIpc) is 2.52. The Hall–Kier alpha value is -2.14. The zero-order valence-electron chi connectivity index (χ0n) is 12.6. The van der Waals surface area contributed by atoms with E-state index in [9.17, 15) is 4.79 Å². The summed E-state index contributed by atoms with van der Waals surface area (Å²) in [7, 11) is 0. The van der Waals surface area contributed by atoms with Gasteiger partial charge in [-0.3, -0.25) is 4.79 Å². The number of carbonyl (C=O) groups is 1. The lowest BCUT2D eigenvalue weighted by molar-refractivity contribution is 0.0944. The molecule has 0 aliphatic carbocycles. The van der Waals surface area contributed by atoms with Gasteiger partial charge in [-0.2, -0.15) is 0 Å². The molecule has 0 saturated carbocycles. The Labute approximate surface area is 135 Å². The van der Waals surface area contributed by atoms with Crippen LogP contribution in [0, 0.1) is 5.92 Å². The molecule has 2 N–H and O–H groups in total. The lowest BCUT2D eigenvalue weighted by Crippen LogP contribution is -2.28. The Morgan fingerprint density at radius 2 is 2.05 bits per heavy atom. The van der Waals surface area contributed by atoms with E-state index in [1.807, 2.05) is 38.1 Å². The summed E-state index contributed by atoms with van der Waals surface area (Å²) in [4.78, 5) is 20.1. The Morgan fingerprint density at radius 3 is 2.77 bits per heavy atom. The highest BCUT2D eigenvalue weighted by Gasteiger charge is 2.09. The van der Waals surface area contributed by atoms with Crippen LogP contribution in [0.2, 0.25) is 5.02 Å². The van der Waals surface area contributed by atoms with Gasteiger partial charge in [-0.1, -0.05) is 43.6 Å². The number of nitrogens with zero attached hydrogens (tertiary/aromatic N) is 2. The van der Waals surface area contributed by atoms with E-state index in [1.165, 1.54) is 6.33 Å². The first kappa shape index (κ1) is 16.2. The Balaban J connectivity index is 1.99. The van der Waals surface area contributed by atoms with Crippen LogP contribution in [-0.4, -0.2) is 22.4 Å². The molecular weight excluding hydrogens is 300 g/mol. The minimum atomic E-state index is -0.197. The summed E-state index contributed by atoms with van der Waals surface area (Å²) in [6, 6.07) is 9.21. The molecule has 0 aliphatic rings. The van der Waals surface area contributed by atoms with E-state index < -0.39 is 0 Å². The average molecular weight is 319 g/mol. The second-order valence-corrected chi connectivity index (χ2v) is 5.74. The summed E-state index contributed by atoms with van der Waals surface area (Å²) in [5.41, 5.74) is 1.31. The standard InChI is InChI=1S/C16H19ClN4O/c1-11(2)8-19-16(22)14-7-15(21-10-20-14)18-9-12-5-3-4-6-13(12)17/h3-7,10-11H,8-9H2,1-2H3,(H,19,22)(H,18,20,21). The molecule has 2 rings (SSSR count). The summed E-state index contributed by atoms with van der Waals surface area (Å²) in [5.74, 6) is 0.783. The highest BCUT2D eigenvalue weighted by molar-refractivity contribution is 6.31. The number of halogens is 1. The van der Waals surface area contributed by atoms with Gasteiger partial charge >= 0.3 is 0 Å². The van der Waals surface area contributed by atoms with Crippen LogP contribution in [0.3, 0.4) is 0 Å². The third-order valence-corrected chi connectivity index (χ3v) is 3.36. The molecule has 0 atom stereocenters. The van der Waals surface area contributed by atoms with Crippen molar-refractivity contribution in [1.29, 1.82) is 0 Å². The number of rotatable bonds is 6. The van der Waals surface area contributed by atoms with Crippen molar-refractivity contribution >= 4 is 23.3 Å². The Morgan fingerprint density at radius 1 is 1.27 bits per heavy atom. The van der Waals surface area contributed by atoms with Crippen molar-refractivity contribution in [2.45, 2.75) is 20.4 Å². The van der Waals surface area contributed by atoms with Crippen molar-refractivity contribution in [2.75, 3.05) is 11.9 Å². The maximum absolute atomic E-state index is 12.0. The number of hydrogen-bond donors (Lipinski definition) is 2. The van der Waals surface area contributed by atoms with Crippen LogP contribution in [0.15, 0.2) is 36.7 Å². The summed E-state index contributed by atoms with van der Waals surface area (Å²) in [6.45, 7) is 5.22. The second-order valence-electron chi connectivity index (χ2n) is 5.34. The van der Waals surface area contributed by atoms with Gasteiger partial charge in [0.05, 0.1) is 0 Å². The fourth-order valence-corrected chi connectivity index (χ4v) is 2.00. The van der Waals surface area contributed by atoms with E-state index in [4.69, 9.17) is 11.6 Å². The molecule has 1 aromatic carbocycles. The smallest absolute Gasteiger partial charge is 0.270 e. The highest BCUT2D eigenvalue weighted by atomic mass is 35.5. The van der Waals surface area contributed by atoms with Crippen LogP contribution in [0.25, 0.3) is 0 Å². The molecule has 2 aromatic rings. The quantitative estimate of drug-likeness (QED) is 0.858. The molecule has 0 bridgehead atoms. The largest absolute Gasteiger partial charge is 0.366 e. The molecule has 0 saturated heterocycles. The molecule has 22 heavy (non-hydrogen) atoms. The molecule has 6 heteroatoms. The molecule has 0 aliphatic heterocycles. The van der Waals surface area contributed by atoms with Gasteiger partial charge in [-0.15, -0.1) is 0 Å². The lowest BCUT2D eigenvalue weighted by atomic mass is 10.2. The fourth-order valence-electron chi connectivity index (χ4n) is 1.79. The van der Waals surface area contributed by atoms with Crippen molar-refractivity contribution in [3.05, 3.63) is 52.9 Å². The second kappa shape index (κ2) is 7.75. The van der Waals surface area contributed by atoms with Crippen LogP contribution < -0.4 is 10.6 Å². The predicted octanol–water partition coefficient (Wildman–Crippen LogP) is 3.13. The van der Waals surface area contributed by atoms with E-state index in [0.29, 0.717) is 35.5 Å². The monoisotopic (exact) mass is 318 g/mol. The normalized spacial score (nSPS) is 10.5. The van der Waals surface area contributed by atoms with Crippen LogP contribution >= 0.6 is 11.6 Å². The third kappa shape index (κ3) is 4.70. The van der Waals surface area contributed by atoms with Gasteiger partial charge in [0.25, 0.3) is 5.91 Å². The number of nitrogens with one attached hydrogen (secondary N) is 2.